The molecule has 2 rings (SSSR count). The van der Waals surface area contributed by atoms with Gasteiger partial charge in [0.25, 0.3) is 0 Å². The first-order chi connectivity index (χ1) is 7.78. The van der Waals surface area contributed by atoms with Gasteiger partial charge in [-0.1, -0.05) is 0 Å². The van der Waals surface area contributed by atoms with Crippen molar-refractivity contribution < 1.29 is 0 Å². The van der Waals surface area contributed by atoms with E-state index in [4.69, 9.17) is 5.26 Å². The van der Waals surface area contributed by atoms with Gasteiger partial charge >= 0.3 is 0 Å². The second kappa shape index (κ2) is 5.05. The van der Waals surface area contributed by atoms with Crippen LogP contribution in [0.5, 0.6) is 0 Å². The number of pyridine rings is 1. The Morgan fingerprint density at radius 3 is 2.44 bits per heavy atom. The summed E-state index contributed by atoms with van der Waals surface area (Å²) in [6.07, 6.45) is 4.73. The molecule has 0 N–H and O–H groups in total. The van der Waals surface area contributed by atoms with Crippen molar-refractivity contribution in [2.24, 2.45) is 0 Å². The molecule has 0 aliphatic carbocycles. The molecule has 0 aliphatic heterocycles. The number of hydrogen-bond acceptors (Lipinski definition) is 5. The van der Waals surface area contributed by atoms with Gasteiger partial charge in [-0.05, 0) is 39.8 Å². The number of halogens is 1. The van der Waals surface area contributed by atoms with Gasteiger partial charge in [-0.3, -0.25) is 0 Å². The van der Waals surface area contributed by atoms with Crippen molar-refractivity contribution >= 4 is 27.7 Å². The minimum Gasteiger partial charge on any atom is -0.248 e. The second-order valence-electron chi connectivity index (χ2n) is 2.77. The van der Waals surface area contributed by atoms with E-state index in [1.807, 2.05) is 18.2 Å². The number of hydrogen-bond donors (Lipinski definition) is 0. The van der Waals surface area contributed by atoms with Crippen molar-refractivity contribution in [2.45, 2.75) is 10.1 Å². The highest BCUT2D eigenvalue weighted by Crippen LogP contribution is 2.23. The first kappa shape index (κ1) is 11.0. The molecule has 0 unspecified atom stereocenters. The van der Waals surface area contributed by atoms with Gasteiger partial charge in [0.05, 0.1) is 12.4 Å². The first-order valence-corrected chi connectivity index (χ1v) is 5.90. The van der Waals surface area contributed by atoms with E-state index < -0.39 is 0 Å². The lowest BCUT2D eigenvalue weighted by atomic mass is 10.5. The van der Waals surface area contributed by atoms with Gasteiger partial charge in [0, 0.05) is 10.7 Å². The van der Waals surface area contributed by atoms with E-state index in [1.54, 1.807) is 12.4 Å². The van der Waals surface area contributed by atoms with Crippen molar-refractivity contribution in [3.05, 3.63) is 40.9 Å². The van der Waals surface area contributed by atoms with E-state index in [0.29, 0.717) is 10.7 Å². The summed E-state index contributed by atoms with van der Waals surface area (Å²) in [5.41, 5.74) is 0.313. The molecule has 2 heterocycles. The quantitative estimate of drug-likeness (QED) is 0.851. The normalized spacial score (nSPS) is 9.75. The van der Waals surface area contributed by atoms with E-state index in [2.05, 4.69) is 30.9 Å². The summed E-state index contributed by atoms with van der Waals surface area (Å²) < 4.78 is 0.933. The Morgan fingerprint density at radius 1 is 1.06 bits per heavy atom. The molecule has 0 radical (unpaired) electrons. The molecule has 0 saturated heterocycles. The molecule has 0 saturated carbocycles. The predicted octanol–water partition coefficient (Wildman–Crippen LogP) is 2.66. The van der Waals surface area contributed by atoms with Crippen LogP contribution in [0.2, 0.25) is 0 Å². The van der Waals surface area contributed by atoms with Crippen LogP contribution in [-0.2, 0) is 0 Å². The van der Waals surface area contributed by atoms with Crippen molar-refractivity contribution in [3.63, 3.8) is 0 Å². The number of nitriles is 1. The Labute approximate surface area is 105 Å². The molecule has 0 bridgehead atoms. The predicted molar refractivity (Wildman–Crippen MR) is 62.8 cm³/mol. The van der Waals surface area contributed by atoms with E-state index in [0.717, 1.165) is 9.50 Å². The third-order valence-corrected chi connectivity index (χ3v) is 2.99. The van der Waals surface area contributed by atoms with E-state index >= 15 is 0 Å². The summed E-state index contributed by atoms with van der Waals surface area (Å²) in [4.78, 5) is 12.2. The zero-order valence-corrected chi connectivity index (χ0v) is 10.4. The van der Waals surface area contributed by atoms with Crippen molar-refractivity contribution in [1.29, 1.82) is 5.26 Å². The molecule has 78 valence electrons. The summed E-state index contributed by atoms with van der Waals surface area (Å²) in [6.45, 7) is 0. The van der Waals surface area contributed by atoms with Crippen LogP contribution in [-0.4, -0.2) is 15.0 Å². The van der Waals surface area contributed by atoms with Crippen LogP contribution < -0.4 is 0 Å². The fourth-order valence-corrected chi connectivity index (χ4v) is 1.86. The molecular weight excluding hydrogens is 288 g/mol. The topological polar surface area (TPSA) is 62.5 Å². The van der Waals surface area contributed by atoms with Gasteiger partial charge in [-0.25, -0.2) is 15.0 Å². The second-order valence-corrected chi connectivity index (χ2v) is 4.72. The highest BCUT2D eigenvalue weighted by molar-refractivity contribution is 9.10. The summed E-state index contributed by atoms with van der Waals surface area (Å²) in [5, 5.41) is 10.1. The number of nitrogens with zero attached hydrogens (tertiary/aromatic N) is 4. The Hall–Kier alpha value is -1.45. The maximum atomic E-state index is 8.57. The van der Waals surface area contributed by atoms with Crippen LogP contribution in [0.3, 0.4) is 0 Å². The van der Waals surface area contributed by atoms with Crippen LogP contribution in [0.1, 0.15) is 5.69 Å². The molecule has 4 nitrogen and oxygen atoms in total. The molecule has 0 atom stereocenters. The average Bonchev–Trinajstić information content (AvgIpc) is 2.33. The minimum atomic E-state index is 0.313. The molecule has 2 aromatic heterocycles. The number of aromatic nitrogens is 3. The third-order valence-electron chi connectivity index (χ3n) is 1.65. The van der Waals surface area contributed by atoms with E-state index in [1.165, 1.54) is 18.0 Å². The Balaban J connectivity index is 2.15. The maximum absolute atomic E-state index is 8.57. The van der Waals surface area contributed by atoms with Crippen molar-refractivity contribution in [2.75, 3.05) is 0 Å². The Kier molecular flexibility index (Phi) is 3.49. The van der Waals surface area contributed by atoms with Gasteiger partial charge in [0.1, 0.15) is 16.1 Å². The highest BCUT2D eigenvalue weighted by Gasteiger charge is 2.01. The zero-order chi connectivity index (χ0) is 11.4. The standard InChI is InChI=1S/C10H5BrN4S/c11-7-1-2-9(14-4-7)16-10-6-13-8(3-12)5-15-10/h1-2,4-6H. The van der Waals surface area contributed by atoms with Gasteiger partial charge in [0.2, 0.25) is 0 Å². The molecule has 16 heavy (non-hydrogen) atoms. The smallest absolute Gasteiger partial charge is 0.158 e. The lowest BCUT2D eigenvalue weighted by Gasteiger charge is -1.99. The highest BCUT2D eigenvalue weighted by atomic mass is 79.9. The van der Waals surface area contributed by atoms with Crippen LogP contribution >= 0.6 is 27.7 Å². The third kappa shape index (κ3) is 2.78. The van der Waals surface area contributed by atoms with Crippen LogP contribution in [0.25, 0.3) is 0 Å². The first-order valence-electron chi connectivity index (χ1n) is 4.29. The number of rotatable bonds is 2. The molecule has 0 amide bonds. The molecule has 0 aromatic carbocycles. The maximum Gasteiger partial charge on any atom is 0.158 e. The lowest BCUT2D eigenvalue weighted by molar-refractivity contribution is 1.03. The van der Waals surface area contributed by atoms with E-state index in [-0.39, 0.29) is 0 Å². The van der Waals surface area contributed by atoms with Gasteiger partial charge in [-0.2, -0.15) is 5.26 Å². The molecule has 6 heteroatoms. The van der Waals surface area contributed by atoms with Gasteiger partial charge in [0.15, 0.2) is 5.69 Å². The fourth-order valence-electron chi connectivity index (χ4n) is 0.956. The van der Waals surface area contributed by atoms with Crippen molar-refractivity contribution in [1.82, 2.24) is 15.0 Å². The molecule has 0 aliphatic rings. The lowest BCUT2D eigenvalue weighted by Crippen LogP contribution is -1.87. The largest absolute Gasteiger partial charge is 0.248 e. The average molecular weight is 293 g/mol. The summed E-state index contributed by atoms with van der Waals surface area (Å²) >= 11 is 4.71. The Bertz CT molecular complexity index is 518. The molecule has 2 aromatic rings. The van der Waals surface area contributed by atoms with E-state index in [9.17, 15) is 0 Å². The SMILES string of the molecule is N#Cc1cnc(Sc2ccc(Br)cn2)cn1. The fraction of sp³-hybridized carbons (Fsp3) is 0. The Morgan fingerprint density at radius 2 is 1.88 bits per heavy atom. The summed E-state index contributed by atoms with van der Waals surface area (Å²) in [7, 11) is 0. The zero-order valence-electron chi connectivity index (χ0n) is 7.96. The monoisotopic (exact) mass is 292 g/mol. The van der Waals surface area contributed by atoms with Crippen molar-refractivity contribution in [3.8, 4) is 6.07 Å². The summed E-state index contributed by atoms with van der Waals surface area (Å²) in [5.74, 6) is 0. The summed E-state index contributed by atoms with van der Waals surface area (Å²) in [6, 6.07) is 5.71. The molecule has 0 fully saturated rings. The molecule has 0 spiro atoms. The van der Waals surface area contributed by atoms with Crippen LogP contribution in [0.15, 0.2) is 45.2 Å². The van der Waals surface area contributed by atoms with Gasteiger partial charge < -0.3 is 0 Å². The van der Waals surface area contributed by atoms with Gasteiger partial charge in [-0.15, -0.1) is 0 Å². The van der Waals surface area contributed by atoms with Crippen LogP contribution in [0, 0.1) is 11.3 Å². The van der Waals surface area contributed by atoms with Crippen LogP contribution in [0.4, 0.5) is 0 Å². The molecular formula is C10H5BrN4S. The minimum absolute atomic E-state index is 0.313.